The van der Waals surface area contributed by atoms with Gasteiger partial charge in [-0.15, -0.1) is 0 Å². The van der Waals surface area contributed by atoms with Crippen LogP contribution in [-0.4, -0.2) is 42.1 Å². The molecule has 5 nitrogen and oxygen atoms in total. The standard InChI is InChI=1S/C23H32O5/c24-19(20-12-13-21(27-20)22-14-15-23(25)28-22)11-7-2-1-3-8-16-26-17-18-9-5-4-6-10-18/h1-2,4-6,9-10,19-22,24H,3,7-8,11-17H2/b2-1+/t19-,20-,21-,22+/m1/s1. The molecule has 28 heavy (non-hydrogen) atoms. The third kappa shape index (κ3) is 6.73. The second-order valence-corrected chi connectivity index (χ2v) is 7.65. The number of unbranched alkanes of at least 4 members (excludes halogenated alkanes) is 1. The van der Waals surface area contributed by atoms with Crippen molar-refractivity contribution < 1.29 is 24.1 Å². The van der Waals surface area contributed by atoms with Crippen molar-refractivity contribution in [3.8, 4) is 0 Å². The Morgan fingerprint density at radius 1 is 1.11 bits per heavy atom. The molecule has 2 fully saturated rings. The van der Waals surface area contributed by atoms with Crippen molar-refractivity contribution >= 4 is 5.97 Å². The van der Waals surface area contributed by atoms with E-state index in [1.165, 1.54) is 5.56 Å². The van der Waals surface area contributed by atoms with Crippen LogP contribution in [0.5, 0.6) is 0 Å². The number of benzene rings is 1. The molecule has 4 atom stereocenters. The topological polar surface area (TPSA) is 65.0 Å². The van der Waals surface area contributed by atoms with Gasteiger partial charge in [0, 0.05) is 13.0 Å². The van der Waals surface area contributed by atoms with Crippen molar-refractivity contribution in [3.63, 3.8) is 0 Å². The van der Waals surface area contributed by atoms with Gasteiger partial charge in [0.1, 0.15) is 6.10 Å². The Morgan fingerprint density at radius 3 is 2.71 bits per heavy atom. The number of rotatable bonds is 11. The quantitative estimate of drug-likeness (QED) is 0.353. The zero-order valence-electron chi connectivity index (χ0n) is 16.5. The summed E-state index contributed by atoms with van der Waals surface area (Å²) in [6.07, 6.45) is 9.99. The lowest BCUT2D eigenvalue weighted by Gasteiger charge is -2.21. The molecule has 5 heteroatoms. The fourth-order valence-electron chi connectivity index (χ4n) is 3.81. The van der Waals surface area contributed by atoms with E-state index in [4.69, 9.17) is 14.2 Å². The maximum Gasteiger partial charge on any atom is 0.306 e. The molecule has 0 spiro atoms. The Labute approximate surface area is 167 Å². The molecule has 1 aromatic rings. The van der Waals surface area contributed by atoms with Gasteiger partial charge in [-0.1, -0.05) is 42.5 Å². The van der Waals surface area contributed by atoms with Crippen molar-refractivity contribution in [2.75, 3.05) is 6.61 Å². The van der Waals surface area contributed by atoms with Gasteiger partial charge < -0.3 is 19.3 Å². The van der Waals surface area contributed by atoms with Crippen molar-refractivity contribution in [2.45, 2.75) is 82.4 Å². The molecular formula is C23H32O5. The molecule has 0 amide bonds. The summed E-state index contributed by atoms with van der Waals surface area (Å²) in [6, 6.07) is 10.2. The van der Waals surface area contributed by atoms with Gasteiger partial charge in [-0.3, -0.25) is 4.79 Å². The summed E-state index contributed by atoms with van der Waals surface area (Å²) in [5.74, 6) is -0.131. The van der Waals surface area contributed by atoms with E-state index in [9.17, 15) is 9.90 Å². The number of aliphatic hydroxyl groups is 1. The fraction of sp³-hybridized carbons (Fsp3) is 0.609. The number of allylic oxidation sites excluding steroid dienone is 2. The molecule has 1 aromatic carbocycles. The molecule has 0 unspecified atom stereocenters. The highest BCUT2D eigenvalue weighted by Crippen LogP contribution is 2.31. The van der Waals surface area contributed by atoms with E-state index in [2.05, 4.69) is 24.3 Å². The molecule has 3 rings (SSSR count). The molecule has 2 aliphatic rings. The van der Waals surface area contributed by atoms with Gasteiger partial charge >= 0.3 is 5.97 Å². The van der Waals surface area contributed by atoms with Gasteiger partial charge in [0.2, 0.25) is 0 Å². The highest BCUT2D eigenvalue weighted by molar-refractivity contribution is 5.71. The molecule has 0 bridgehead atoms. The summed E-state index contributed by atoms with van der Waals surface area (Å²) in [5.41, 5.74) is 1.20. The molecule has 2 heterocycles. The van der Waals surface area contributed by atoms with Crippen LogP contribution >= 0.6 is 0 Å². The number of esters is 1. The predicted molar refractivity (Wildman–Crippen MR) is 107 cm³/mol. The lowest BCUT2D eigenvalue weighted by Crippen LogP contribution is -2.30. The fourth-order valence-corrected chi connectivity index (χ4v) is 3.81. The van der Waals surface area contributed by atoms with E-state index < -0.39 is 6.10 Å². The number of hydrogen-bond donors (Lipinski definition) is 1. The van der Waals surface area contributed by atoms with Crippen LogP contribution in [0.2, 0.25) is 0 Å². The van der Waals surface area contributed by atoms with Crippen LogP contribution in [0, 0.1) is 0 Å². The average molecular weight is 389 g/mol. The van der Waals surface area contributed by atoms with Gasteiger partial charge in [0.05, 0.1) is 24.9 Å². The summed E-state index contributed by atoms with van der Waals surface area (Å²) in [7, 11) is 0. The van der Waals surface area contributed by atoms with E-state index in [0.717, 1.165) is 45.1 Å². The molecular weight excluding hydrogens is 356 g/mol. The van der Waals surface area contributed by atoms with Crippen LogP contribution in [0.1, 0.15) is 56.9 Å². The second kappa shape index (κ2) is 11.3. The monoisotopic (exact) mass is 388 g/mol. The summed E-state index contributed by atoms with van der Waals surface area (Å²) in [4.78, 5) is 11.2. The Hall–Kier alpha value is -1.69. The van der Waals surface area contributed by atoms with Crippen LogP contribution in [0.3, 0.4) is 0 Å². The van der Waals surface area contributed by atoms with E-state index in [0.29, 0.717) is 19.4 Å². The van der Waals surface area contributed by atoms with E-state index in [1.54, 1.807) is 0 Å². The van der Waals surface area contributed by atoms with Crippen LogP contribution in [0.4, 0.5) is 0 Å². The first-order valence-corrected chi connectivity index (χ1v) is 10.5. The number of cyclic esters (lactones) is 1. The van der Waals surface area contributed by atoms with Crippen molar-refractivity contribution in [2.24, 2.45) is 0 Å². The lowest BCUT2D eigenvalue weighted by molar-refractivity contribution is -0.148. The highest BCUT2D eigenvalue weighted by Gasteiger charge is 2.39. The van der Waals surface area contributed by atoms with Crippen molar-refractivity contribution in [1.29, 1.82) is 0 Å². The summed E-state index contributed by atoms with van der Waals surface area (Å²) in [5, 5.41) is 10.4. The van der Waals surface area contributed by atoms with Gasteiger partial charge in [-0.05, 0) is 50.5 Å². The first-order valence-electron chi connectivity index (χ1n) is 10.5. The van der Waals surface area contributed by atoms with Crippen LogP contribution in [-0.2, 0) is 25.6 Å². The highest BCUT2D eigenvalue weighted by atomic mass is 16.6. The van der Waals surface area contributed by atoms with Crippen LogP contribution < -0.4 is 0 Å². The maximum absolute atomic E-state index is 11.2. The second-order valence-electron chi connectivity index (χ2n) is 7.65. The number of ether oxygens (including phenoxy) is 3. The Bertz CT molecular complexity index is 615. The van der Waals surface area contributed by atoms with E-state index in [-0.39, 0.29) is 24.3 Å². The lowest BCUT2D eigenvalue weighted by atomic mass is 10.0. The van der Waals surface area contributed by atoms with Crippen molar-refractivity contribution in [1.82, 2.24) is 0 Å². The summed E-state index contributed by atoms with van der Waals surface area (Å²) >= 11 is 0. The number of carbonyl (C=O) groups excluding carboxylic acids is 1. The molecule has 0 aromatic heterocycles. The smallest absolute Gasteiger partial charge is 0.306 e. The van der Waals surface area contributed by atoms with Crippen molar-refractivity contribution in [3.05, 3.63) is 48.0 Å². The normalized spacial score (nSPS) is 26.0. The van der Waals surface area contributed by atoms with Crippen LogP contribution in [0.25, 0.3) is 0 Å². The van der Waals surface area contributed by atoms with Crippen LogP contribution in [0.15, 0.2) is 42.5 Å². The van der Waals surface area contributed by atoms with E-state index in [1.807, 2.05) is 18.2 Å². The predicted octanol–water partition coefficient (Wildman–Crippen LogP) is 3.93. The third-order valence-corrected chi connectivity index (χ3v) is 5.41. The van der Waals surface area contributed by atoms with Gasteiger partial charge in [0.25, 0.3) is 0 Å². The first kappa shape index (κ1) is 21.0. The summed E-state index contributed by atoms with van der Waals surface area (Å²) < 4.78 is 16.9. The molecule has 0 aliphatic carbocycles. The molecule has 154 valence electrons. The molecule has 1 N–H and O–H groups in total. The molecule has 2 saturated heterocycles. The minimum absolute atomic E-state index is 0.0440. The first-order chi connectivity index (χ1) is 13.7. The Morgan fingerprint density at radius 2 is 1.93 bits per heavy atom. The minimum Gasteiger partial charge on any atom is -0.460 e. The zero-order chi connectivity index (χ0) is 19.6. The Balaban J connectivity index is 1.20. The maximum atomic E-state index is 11.2. The molecule has 0 saturated carbocycles. The minimum atomic E-state index is -0.457. The largest absolute Gasteiger partial charge is 0.460 e. The van der Waals surface area contributed by atoms with Gasteiger partial charge in [-0.25, -0.2) is 0 Å². The number of carbonyl (C=O) groups is 1. The van der Waals surface area contributed by atoms with Gasteiger partial charge in [0.15, 0.2) is 0 Å². The Kier molecular flexibility index (Phi) is 8.52. The van der Waals surface area contributed by atoms with E-state index >= 15 is 0 Å². The number of aliphatic hydroxyl groups excluding tert-OH is 1. The van der Waals surface area contributed by atoms with Gasteiger partial charge in [-0.2, -0.15) is 0 Å². The summed E-state index contributed by atoms with van der Waals surface area (Å²) in [6.45, 7) is 1.42. The molecule has 0 radical (unpaired) electrons. The SMILES string of the molecule is O=C1CC[C@@H]([C@H]2CC[C@H]([C@H](O)CC/C=C/CCCOCc3ccccc3)O2)O1. The average Bonchev–Trinajstić information content (AvgIpc) is 3.36. The number of hydrogen-bond acceptors (Lipinski definition) is 5. The third-order valence-electron chi connectivity index (χ3n) is 5.41. The zero-order valence-corrected chi connectivity index (χ0v) is 16.5. The molecule has 2 aliphatic heterocycles.